The van der Waals surface area contributed by atoms with Gasteiger partial charge in [-0.15, -0.1) is 0 Å². The third-order valence-electron chi connectivity index (χ3n) is 15.4. The van der Waals surface area contributed by atoms with Gasteiger partial charge in [0.1, 0.15) is 0 Å². The van der Waals surface area contributed by atoms with E-state index in [0.717, 1.165) is 82.3 Å². The van der Waals surface area contributed by atoms with E-state index >= 15 is 0 Å². The van der Waals surface area contributed by atoms with E-state index in [9.17, 15) is 0 Å². The number of unbranched alkanes of at least 4 members (excludes halogenated alkanes) is 36. The molecule has 0 spiro atoms. The summed E-state index contributed by atoms with van der Waals surface area (Å²) in [6.07, 6.45) is 55.7. The summed E-state index contributed by atoms with van der Waals surface area (Å²) >= 11 is 0. The summed E-state index contributed by atoms with van der Waals surface area (Å²) < 4.78 is 25.6. The maximum absolute atomic E-state index is 6.45. The van der Waals surface area contributed by atoms with Gasteiger partial charge in [-0.25, -0.2) is 0 Å². The first-order chi connectivity index (χ1) is 39.6. The molecule has 2 aromatic heterocycles. The maximum Gasteiger partial charge on any atom is 0.162 e. The van der Waals surface area contributed by atoms with Crippen LogP contribution in [0.1, 0.15) is 307 Å². The van der Waals surface area contributed by atoms with Gasteiger partial charge in [-0.1, -0.05) is 283 Å². The largest absolute Gasteiger partial charge is 0.490 e. The van der Waals surface area contributed by atoms with Crippen LogP contribution in [0.5, 0.6) is 23.0 Å². The Hall–Kier alpha value is -4.94. The Labute approximate surface area is 490 Å². The van der Waals surface area contributed by atoms with E-state index in [4.69, 9.17) is 28.9 Å². The quantitative estimate of drug-likeness (QED) is 0.0324. The van der Waals surface area contributed by atoms with Crippen molar-refractivity contribution < 1.29 is 18.9 Å². The number of aromatic nitrogens is 2. The summed E-state index contributed by atoms with van der Waals surface area (Å²) in [7, 11) is 0. The molecule has 80 heavy (non-hydrogen) atoms. The number of ether oxygens (including phenoxy) is 4. The second-order valence-corrected chi connectivity index (χ2v) is 22.8. The first-order valence-corrected chi connectivity index (χ1v) is 33.4. The summed E-state index contributed by atoms with van der Waals surface area (Å²) in [5.41, 5.74) is 5.02. The molecule has 4 rings (SSSR count). The Morgan fingerprint density at radius 1 is 0.250 bits per heavy atom. The number of rotatable bonds is 49. The molecule has 0 N–H and O–H groups in total. The Balaban J connectivity index is 1.36. The number of benzene rings is 2. The third-order valence-corrected chi connectivity index (χ3v) is 15.4. The summed E-state index contributed by atoms with van der Waals surface area (Å²) in [6.45, 7) is 11.9. The van der Waals surface area contributed by atoms with Crippen molar-refractivity contribution in [3.63, 3.8) is 0 Å². The van der Waals surface area contributed by atoms with Crippen LogP contribution in [0.25, 0.3) is 11.4 Å². The van der Waals surface area contributed by atoms with E-state index in [1.54, 1.807) is 0 Å². The molecule has 0 radical (unpaired) electrons. The second-order valence-electron chi connectivity index (χ2n) is 22.8. The van der Waals surface area contributed by atoms with Gasteiger partial charge in [0.15, 0.2) is 23.0 Å². The van der Waals surface area contributed by atoms with Crippen LogP contribution in [0.3, 0.4) is 0 Å². The maximum atomic E-state index is 6.45. The van der Waals surface area contributed by atoms with Gasteiger partial charge >= 0.3 is 0 Å². The summed E-state index contributed by atoms with van der Waals surface area (Å²) in [6, 6.07) is 20.2. The lowest BCUT2D eigenvalue weighted by Crippen LogP contribution is -2.03. The Bertz CT molecular complexity index is 2110. The van der Waals surface area contributed by atoms with Crippen molar-refractivity contribution in [3.05, 3.63) is 95.3 Å². The molecular formula is C74H112N2O4. The van der Waals surface area contributed by atoms with Gasteiger partial charge in [0.05, 0.1) is 37.8 Å². The van der Waals surface area contributed by atoms with Crippen LogP contribution in [-0.4, -0.2) is 36.4 Å². The zero-order chi connectivity index (χ0) is 56.4. The molecule has 0 saturated carbocycles. The van der Waals surface area contributed by atoms with E-state index in [1.807, 2.05) is 60.9 Å². The molecule has 0 aliphatic heterocycles. The van der Waals surface area contributed by atoms with Crippen LogP contribution in [-0.2, 0) is 0 Å². The van der Waals surface area contributed by atoms with Crippen LogP contribution in [0.15, 0.2) is 73.1 Å². The predicted octanol–water partition coefficient (Wildman–Crippen LogP) is 22.1. The van der Waals surface area contributed by atoms with Gasteiger partial charge in [-0.3, -0.25) is 9.97 Å². The van der Waals surface area contributed by atoms with Crippen molar-refractivity contribution >= 4 is 0 Å². The lowest BCUT2D eigenvalue weighted by atomic mass is 10.1. The number of hydrogen-bond donors (Lipinski definition) is 0. The Kier molecular flexibility index (Phi) is 40.3. The molecule has 0 fully saturated rings. The Morgan fingerprint density at radius 3 is 0.738 bits per heavy atom. The van der Waals surface area contributed by atoms with Crippen LogP contribution >= 0.6 is 0 Å². The molecule has 0 saturated heterocycles. The Morgan fingerprint density at radius 2 is 0.475 bits per heavy atom. The molecule has 2 aromatic carbocycles. The topological polar surface area (TPSA) is 62.7 Å². The zero-order valence-corrected chi connectivity index (χ0v) is 51.6. The van der Waals surface area contributed by atoms with Gasteiger partial charge in [0, 0.05) is 34.6 Å². The molecule has 0 aliphatic carbocycles. The van der Waals surface area contributed by atoms with Gasteiger partial charge in [0.2, 0.25) is 0 Å². The highest BCUT2D eigenvalue weighted by Crippen LogP contribution is 2.31. The molecule has 6 nitrogen and oxygen atoms in total. The average molecular weight is 1090 g/mol. The third kappa shape index (κ3) is 33.1. The van der Waals surface area contributed by atoms with Crippen LogP contribution in [0.2, 0.25) is 0 Å². The highest BCUT2D eigenvalue weighted by atomic mass is 16.5. The standard InChI is InChI=1S/C74H112N2O4/c1-5-9-13-17-21-25-29-33-37-41-57-77-71-51-49-65(63-73(71)79-59-43-39-35-31-27-23-19-15-11-7-3)45-47-67-53-55-75-69(61-67)70-62-68(54-56-76-70)48-46-66-50-52-72(78-58-42-38-34-30-26-22-18-14-10-6-2)74(64-66)80-60-44-40-36-32-28-24-20-16-12-8-4/h49-56,61-64H,5-44,57-60H2,1-4H3. The van der Waals surface area contributed by atoms with Gasteiger partial charge in [-0.2, -0.15) is 0 Å². The lowest BCUT2D eigenvalue weighted by Gasteiger charge is -2.13. The SMILES string of the molecule is CCCCCCCCCCCCOc1ccc(C#Cc2ccnc(-c3cc(C#Cc4ccc(OCCCCCCCCCCCC)c(OCCCCCCCCCCCC)c4)ccn3)c2)cc1OCCCCCCCCCCCC. The van der Waals surface area contributed by atoms with Crippen LogP contribution in [0.4, 0.5) is 0 Å². The molecule has 2 heterocycles. The van der Waals surface area contributed by atoms with Gasteiger partial charge in [0.25, 0.3) is 0 Å². The fraction of sp³-hybridized carbons (Fsp3) is 0.649. The molecule has 6 heteroatoms. The van der Waals surface area contributed by atoms with Gasteiger partial charge in [-0.05, 0) is 86.3 Å². The summed E-state index contributed by atoms with van der Waals surface area (Å²) in [5.74, 6) is 16.8. The first kappa shape index (κ1) is 67.6. The second kappa shape index (κ2) is 47.7. The number of hydrogen-bond acceptors (Lipinski definition) is 6. The zero-order valence-electron chi connectivity index (χ0n) is 51.6. The van der Waals surface area contributed by atoms with Crippen molar-refractivity contribution in [1.29, 1.82) is 0 Å². The molecule has 0 bridgehead atoms. The van der Waals surface area contributed by atoms with Crippen molar-refractivity contribution in [3.8, 4) is 58.1 Å². The molecule has 0 unspecified atom stereocenters. The first-order valence-electron chi connectivity index (χ1n) is 33.4. The van der Waals surface area contributed by atoms with Crippen LogP contribution in [0, 0.1) is 23.7 Å². The highest BCUT2D eigenvalue weighted by molar-refractivity contribution is 5.60. The van der Waals surface area contributed by atoms with Crippen molar-refractivity contribution in [1.82, 2.24) is 9.97 Å². The molecule has 4 aromatic rings. The average Bonchev–Trinajstić information content (AvgIpc) is 3.49. The molecule has 442 valence electrons. The monoisotopic (exact) mass is 1090 g/mol. The van der Waals surface area contributed by atoms with Crippen molar-refractivity contribution in [2.24, 2.45) is 0 Å². The summed E-state index contributed by atoms with van der Waals surface area (Å²) in [4.78, 5) is 9.41. The van der Waals surface area contributed by atoms with Crippen molar-refractivity contribution in [2.75, 3.05) is 26.4 Å². The molecule has 0 amide bonds. The minimum atomic E-state index is 0.682. The number of nitrogens with zero attached hydrogens (tertiary/aromatic N) is 2. The molecular weight excluding hydrogens is 981 g/mol. The van der Waals surface area contributed by atoms with Crippen molar-refractivity contribution in [2.45, 2.75) is 285 Å². The lowest BCUT2D eigenvalue weighted by molar-refractivity contribution is 0.258. The fourth-order valence-electron chi connectivity index (χ4n) is 10.3. The molecule has 0 aliphatic rings. The van der Waals surface area contributed by atoms with E-state index in [2.05, 4.69) is 63.5 Å². The van der Waals surface area contributed by atoms with E-state index in [-0.39, 0.29) is 0 Å². The van der Waals surface area contributed by atoms with Crippen LogP contribution < -0.4 is 18.9 Å². The molecule has 0 atom stereocenters. The number of pyridine rings is 2. The minimum Gasteiger partial charge on any atom is -0.490 e. The normalized spacial score (nSPS) is 11.0. The fourth-order valence-corrected chi connectivity index (χ4v) is 10.3. The van der Waals surface area contributed by atoms with E-state index in [0.29, 0.717) is 26.4 Å². The minimum absolute atomic E-state index is 0.682. The van der Waals surface area contributed by atoms with E-state index < -0.39 is 0 Å². The summed E-state index contributed by atoms with van der Waals surface area (Å²) in [5, 5.41) is 0. The van der Waals surface area contributed by atoms with E-state index in [1.165, 1.54) is 231 Å². The smallest absolute Gasteiger partial charge is 0.162 e. The van der Waals surface area contributed by atoms with Gasteiger partial charge < -0.3 is 18.9 Å². The predicted molar refractivity (Wildman–Crippen MR) is 342 cm³/mol. The highest BCUT2D eigenvalue weighted by Gasteiger charge is 2.10.